The van der Waals surface area contributed by atoms with E-state index in [1.807, 2.05) is 0 Å². The fraction of sp³-hybridized carbons (Fsp3) is 0.467. The number of carboxylic acid groups (broad SMARTS) is 1. The van der Waals surface area contributed by atoms with Crippen molar-refractivity contribution < 1.29 is 9.90 Å². The van der Waals surface area contributed by atoms with E-state index in [0.29, 0.717) is 17.0 Å². The van der Waals surface area contributed by atoms with Crippen molar-refractivity contribution in [3.05, 3.63) is 34.2 Å². The maximum Gasteiger partial charge on any atom is 0.335 e. The number of rotatable bonds is 2. The molecule has 3 rings (SSSR count). The average molecular weight is 289 g/mol. The van der Waals surface area contributed by atoms with E-state index in [4.69, 9.17) is 5.11 Å². The first-order valence-corrected chi connectivity index (χ1v) is 7.13. The van der Waals surface area contributed by atoms with Gasteiger partial charge in [-0.1, -0.05) is 6.92 Å². The first-order valence-electron chi connectivity index (χ1n) is 7.13. The van der Waals surface area contributed by atoms with Gasteiger partial charge in [0.25, 0.3) is 0 Å². The second-order valence-electron chi connectivity index (χ2n) is 5.93. The van der Waals surface area contributed by atoms with Gasteiger partial charge in [0.05, 0.1) is 16.6 Å². The Labute approximate surface area is 122 Å². The van der Waals surface area contributed by atoms with Crippen molar-refractivity contribution in [2.24, 2.45) is 5.92 Å². The van der Waals surface area contributed by atoms with Crippen molar-refractivity contribution in [2.45, 2.75) is 19.4 Å². The van der Waals surface area contributed by atoms with Crippen LogP contribution in [0.25, 0.3) is 11.0 Å². The van der Waals surface area contributed by atoms with Gasteiger partial charge in [0.15, 0.2) is 0 Å². The van der Waals surface area contributed by atoms with Crippen molar-refractivity contribution in [2.75, 3.05) is 20.1 Å². The minimum absolute atomic E-state index is 0.103. The lowest BCUT2D eigenvalue weighted by molar-refractivity contribution is 0.0697. The zero-order valence-electron chi connectivity index (χ0n) is 12.2. The molecule has 1 aromatic carbocycles. The average Bonchev–Trinajstić information content (AvgIpc) is 2.74. The lowest BCUT2D eigenvalue weighted by Crippen LogP contribution is -2.40. The van der Waals surface area contributed by atoms with Crippen LogP contribution < -0.4 is 5.69 Å². The van der Waals surface area contributed by atoms with Crippen LogP contribution in [0.1, 0.15) is 29.7 Å². The number of benzene rings is 1. The normalized spacial score (nSPS) is 23.5. The molecule has 1 fully saturated rings. The molecule has 2 heterocycles. The summed E-state index contributed by atoms with van der Waals surface area (Å²) in [5.74, 6) is -0.637. The number of fused-ring (bicyclic) bond motifs is 1. The van der Waals surface area contributed by atoms with Gasteiger partial charge in [0.1, 0.15) is 0 Å². The summed E-state index contributed by atoms with van der Waals surface area (Å²) < 4.78 is 1.74. The number of carbonyl (C=O) groups is 1. The summed E-state index contributed by atoms with van der Waals surface area (Å²) in [6, 6.07) is 4.87. The number of nitrogens with zero attached hydrogens (tertiary/aromatic N) is 2. The van der Waals surface area contributed by atoms with Gasteiger partial charge >= 0.3 is 11.7 Å². The number of piperidine rings is 1. The van der Waals surface area contributed by atoms with Gasteiger partial charge in [-0.25, -0.2) is 9.59 Å². The van der Waals surface area contributed by atoms with Crippen LogP contribution in [0.15, 0.2) is 23.0 Å². The van der Waals surface area contributed by atoms with Gasteiger partial charge in [-0.15, -0.1) is 0 Å². The highest BCUT2D eigenvalue weighted by Gasteiger charge is 2.28. The Bertz CT molecular complexity index is 746. The number of aromatic carboxylic acids is 1. The zero-order chi connectivity index (χ0) is 15.1. The summed E-state index contributed by atoms with van der Waals surface area (Å²) in [6.45, 7) is 4.00. The van der Waals surface area contributed by atoms with E-state index in [1.165, 1.54) is 6.07 Å². The minimum atomic E-state index is -0.978. The molecule has 1 aliphatic heterocycles. The predicted octanol–water partition coefficient (Wildman–Crippen LogP) is 1.54. The number of hydrogen-bond acceptors (Lipinski definition) is 3. The highest BCUT2D eigenvalue weighted by molar-refractivity contribution is 5.92. The molecule has 2 atom stereocenters. The monoisotopic (exact) mass is 289 g/mol. The van der Waals surface area contributed by atoms with Gasteiger partial charge in [-0.2, -0.15) is 0 Å². The SMILES string of the molecule is CC1CN(C)CCC1n1c(=O)[nH]c2ccc(C(=O)O)cc21. The molecule has 0 aliphatic carbocycles. The van der Waals surface area contributed by atoms with E-state index in [9.17, 15) is 9.59 Å². The summed E-state index contributed by atoms with van der Waals surface area (Å²) in [5, 5.41) is 9.13. The van der Waals surface area contributed by atoms with Crippen LogP contribution in [-0.4, -0.2) is 45.7 Å². The third kappa shape index (κ3) is 2.35. The second kappa shape index (κ2) is 5.04. The molecule has 21 heavy (non-hydrogen) atoms. The van der Waals surface area contributed by atoms with Crippen molar-refractivity contribution in [3.8, 4) is 0 Å². The van der Waals surface area contributed by atoms with Crippen LogP contribution in [-0.2, 0) is 0 Å². The Kier molecular flexibility index (Phi) is 3.33. The molecule has 0 spiro atoms. The molecule has 2 N–H and O–H groups in total. The van der Waals surface area contributed by atoms with Gasteiger partial charge in [0.2, 0.25) is 0 Å². The minimum Gasteiger partial charge on any atom is -0.478 e. The van der Waals surface area contributed by atoms with Crippen LogP contribution in [0.2, 0.25) is 0 Å². The Morgan fingerprint density at radius 1 is 1.43 bits per heavy atom. The number of hydrogen-bond donors (Lipinski definition) is 2. The Balaban J connectivity index is 2.13. The predicted molar refractivity (Wildman–Crippen MR) is 79.8 cm³/mol. The first kappa shape index (κ1) is 13.9. The Morgan fingerprint density at radius 2 is 2.19 bits per heavy atom. The molecule has 2 aromatic rings. The van der Waals surface area contributed by atoms with Crippen LogP contribution in [0.5, 0.6) is 0 Å². The van der Waals surface area contributed by atoms with E-state index in [2.05, 4.69) is 23.9 Å². The Hall–Kier alpha value is -2.08. The summed E-state index contributed by atoms with van der Waals surface area (Å²) in [6.07, 6.45) is 0.891. The lowest BCUT2D eigenvalue weighted by atomic mass is 9.94. The first-order chi connectivity index (χ1) is 9.97. The molecule has 1 aliphatic rings. The van der Waals surface area contributed by atoms with Crippen LogP contribution in [0.3, 0.4) is 0 Å². The summed E-state index contributed by atoms with van der Waals surface area (Å²) in [7, 11) is 2.08. The maximum atomic E-state index is 12.3. The zero-order valence-corrected chi connectivity index (χ0v) is 12.2. The number of aromatic nitrogens is 2. The topological polar surface area (TPSA) is 78.3 Å². The van der Waals surface area contributed by atoms with E-state index < -0.39 is 5.97 Å². The van der Waals surface area contributed by atoms with E-state index in [-0.39, 0.29) is 17.3 Å². The van der Waals surface area contributed by atoms with Gasteiger partial charge in [0, 0.05) is 12.6 Å². The highest BCUT2D eigenvalue weighted by Crippen LogP contribution is 2.29. The van der Waals surface area contributed by atoms with Gasteiger partial charge < -0.3 is 15.0 Å². The molecule has 6 heteroatoms. The second-order valence-corrected chi connectivity index (χ2v) is 5.93. The molecule has 0 bridgehead atoms. The molecule has 0 radical (unpaired) electrons. The molecule has 1 aromatic heterocycles. The highest BCUT2D eigenvalue weighted by atomic mass is 16.4. The lowest BCUT2D eigenvalue weighted by Gasteiger charge is -2.35. The molecule has 6 nitrogen and oxygen atoms in total. The number of aromatic amines is 1. The van der Waals surface area contributed by atoms with Gasteiger partial charge in [-0.05, 0) is 44.1 Å². The van der Waals surface area contributed by atoms with E-state index >= 15 is 0 Å². The number of carboxylic acids is 1. The largest absolute Gasteiger partial charge is 0.478 e. The third-order valence-corrected chi connectivity index (χ3v) is 4.36. The fourth-order valence-electron chi connectivity index (χ4n) is 3.31. The Morgan fingerprint density at radius 3 is 2.86 bits per heavy atom. The van der Waals surface area contributed by atoms with Crippen molar-refractivity contribution in [1.29, 1.82) is 0 Å². The van der Waals surface area contributed by atoms with Crippen LogP contribution >= 0.6 is 0 Å². The summed E-state index contributed by atoms with van der Waals surface area (Å²) in [5.41, 5.74) is 1.42. The maximum absolute atomic E-state index is 12.3. The molecular formula is C15H19N3O3. The smallest absolute Gasteiger partial charge is 0.335 e. The van der Waals surface area contributed by atoms with Crippen molar-refractivity contribution in [1.82, 2.24) is 14.5 Å². The summed E-state index contributed by atoms with van der Waals surface area (Å²) >= 11 is 0. The van der Waals surface area contributed by atoms with Crippen molar-refractivity contribution >= 4 is 17.0 Å². The van der Waals surface area contributed by atoms with Crippen LogP contribution in [0.4, 0.5) is 0 Å². The van der Waals surface area contributed by atoms with E-state index in [1.54, 1.807) is 16.7 Å². The molecule has 1 saturated heterocycles. The molecule has 112 valence electrons. The number of H-pyrrole nitrogens is 1. The molecular weight excluding hydrogens is 270 g/mol. The van der Waals surface area contributed by atoms with Crippen molar-refractivity contribution in [3.63, 3.8) is 0 Å². The number of nitrogens with one attached hydrogen (secondary N) is 1. The number of imidazole rings is 1. The standard InChI is InChI=1S/C15H19N3O3/c1-9-8-17(2)6-5-12(9)18-13-7-10(14(19)20)3-4-11(13)16-15(18)21/h3-4,7,9,12H,5-6,8H2,1-2H3,(H,16,21)(H,19,20). The van der Waals surface area contributed by atoms with Crippen LogP contribution in [0, 0.1) is 5.92 Å². The molecule has 2 unspecified atom stereocenters. The van der Waals surface area contributed by atoms with Gasteiger partial charge in [-0.3, -0.25) is 4.57 Å². The van der Waals surface area contributed by atoms with E-state index in [0.717, 1.165) is 19.5 Å². The quantitative estimate of drug-likeness (QED) is 0.879. The fourth-order valence-corrected chi connectivity index (χ4v) is 3.31. The molecule has 0 amide bonds. The molecule has 0 saturated carbocycles. The third-order valence-electron chi connectivity index (χ3n) is 4.36. The summed E-state index contributed by atoms with van der Waals surface area (Å²) in [4.78, 5) is 28.5. The number of likely N-dealkylation sites (tertiary alicyclic amines) is 1.